The van der Waals surface area contributed by atoms with Crippen LogP contribution in [0.4, 0.5) is 0 Å². The molecule has 25 heavy (non-hydrogen) atoms. The number of carbonyl (C=O) groups is 2. The van der Waals surface area contributed by atoms with Gasteiger partial charge in [0.2, 0.25) is 5.91 Å². The second-order valence-corrected chi connectivity index (χ2v) is 7.53. The number of benzene rings is 1. The van der Waals surface area contributed by atoms with Crippen LogP contribution in [0.5, 0.6) is 0 Å². The van der Waals surface area contributed by atoms with Crippen LogP contribution < -0.4 is 0 Å². The third-order valence-electron chi connectivity index (χ3n) is 5.07. The highest BCUT2D eigenvalue weighted by Crippen LogP contribution is 2.26. The second kappa shape index (κ2) is 7.83. The lowest BCUT2D eigenvalue weighted by atomic mass is 9.94. The summed E-state index contributed by atoms with van der Waals surface area (Å²) in [6.45, 7) is 3.37. The molecule has 1 aliphatic rings. The molecule has 1 aromatic heterocycles. The lowest BCUT2D eigenvalue weighted by Crippen LogP contribution is -2.43. The summed E-state index contributed by atoms with van der Waals surface area (Å²) in [5.74, 6) is 0.273. The molecule has 5 heteroatoms. The van der Waals surface area contributed by atoms with E-state index in [2.05, 4.69) is 19.1 Å². The van der Waals surface area contributed by atoms with Crippen LogP contribution >= 0.6 is 11.3 Å². The van der Waals surface area contributed by atoms with E-state index < -0.39 is 0 Å². The quantitative estimate of drug-likeness (QED) is 0.835. The molecule has 0 radical (unpaired) electrons. The van der Waals surface area contributed by atoms with E-state index in [0.29, 0.717) is 13.1 Å². The molecule has 0 spiro atoms. The van der Waals surface area contributed by atoms with Crippen molar-refractivity contribution in [1.82, 2.24) is 9.80 Å². The molecule has 132 valence electrons. The van der Waals surface area contributed by atoms with Crippen LogP contribution in [0.2, 0.25) is 0 Å². The van der Waals surface area contributed by atoms with Gasteiger partial charge < -0.3 is 9.80 Å². The van der Waals surface area contributed by atoms with E-state index in [1.54, 1.807) is 0 Å². The standard InChI is InChI=1S/C20H24N2O2S/c1-15(16-7-4-3-5-8-16)21(2)19(23)17-10-12-22(13-11-17)20(24)18-9-6-14-25-18/h3-9,14-15,17H,10-13H2,1-2H3. The zero-order valence-corrected chi connectivity index (χ0v) is 15.5. The largest absolute Gasteiger partial charge is 0.339 e. The van der Waals surface area contributed by atoms with Crippen LogP contribution in [0.15, 0.2) is 47.8 Å². The van der Waals surface area contributed by atoms with E-state index in [-0.39, 0.29) is 23.8 Å². The first-order chi connectivity index (χ1) is 12.1. The summed E-state index contributed by atoms with van der Waals surface area (Å²) in [7, 11) is 1.88. The SMILES string of the molecule is CC(c1ccccc1)N(C)C(=O)C1CCN(C(=O)c2cccs2)CC1. The molecule has 1 aromatic carbocycles. The number of carbonyl (C=O) groups excluding carboxylic acids is 2. The number of piperidine rings is 1. The predicted octanol–water partition coefficient (Wildman–Crippen LogP) is 3.82. The normalized spacial score (nSPS) is 16.5. The van der Waals surface area contributed by atoms with Crippen molar-refractivity contribution in [2.75, 3.05) is 20.1 Å². The number of rotatable bonds is 4. The van der Waals surface area contributed by atoms with Gasteiger partial charge in [0.25, 0.3) is 5.91 Å². The predicted molar refractivity (Wildman–Crippen MR) is 101 cm³/mol. The number of thiophene rings is 1. The van der Waals surface area contributed by atoms with E-state index in [0.717, 1.165) is 23.3 Å². The van der Waals surface area contributed by atoms with E-state index in [4.69, 9.17) is 0 Å². The molecule has 0 N–H and O–H groups in total. The molecule has 1 saturated heterocycles. The number of likely N-dealkylation sites (tertiary alicyclic amines) is 1. The molecule has 1 unspecified atom stereocenters. The van der Waals surface area contributed by atoms with Crippen LogP contribution in [0.25, 0.3) is 0 Å². The van der Waals surface area contributed by atoms with Gasteiger partial charge in [-0.3, -0.25) is 9.59 Å². The fourth-order valence-electron chi connectivity index (χ4n) is 3.32. The molecule has 1 atom stereocenters. The summed E-state index contributed by atoms with van der Waals surface area (Å²) < 4.78 is 0. The molecule has 0 saturated carbocycles. The van der Waals surface area contributed by atoms with Gasteiger partial charge in [0.05, 0.1) is 10.9 Å². The Morgan fingerprint density at radius 1 is 1.12 bits per heavy atom. The highest BCUT2D eigenvalue weighted by atomic mass is 32.1. The Labute approximate surface area is 153 Å². The van der Waals surface area contributed by atoms with Crippen molar-refractivity contribution in [3.63, 3.8) is 0 Å². The number of hydrogen-bond donors (Lipinski definition) is 0. The Bertz CT molecular complexity index is 707. The fourth-order valence-corrected chi connectivity index (χ4v) is 4.01. The van der Waals surface area contributed by atoms with Crippen molar-refractivity contribution in [3.8, 4) is 0 Å². The first-order valence-electron chi connectivity index (χ1n) is 8.72. The maximum atomic E-state index is 12.8. The van der Waals surface area contributed by atoms with Crippen molar-refractivity contribution in [1.29, 1.82) is 0 Å². The molecule has 0 aliphatic carbocycles. The van der Waals surface area contributed by atoms with Crippen molar-refractivity contribution in [2.24, 2.45) is 5.92 Å². The molecule has 2 aromatic rings. The van der Waals surface area contributed by atoms with Gasteiger partial charge in [-0.1, -0.05) is 36.4 Å². The van der Waals surface area contributed by atoms with E-state index >= 15 is 0 Å². The lowest BCUT2D eigenvalue weighted by Gasteiger charge is -2.35. The third-order valence-corrected chi connectivity index (χ3v) is 5.93. The van der Waals surface area contributed by atoms with Crippen molar-refractivity contribution < 1.29 is 9.59 Å². The number of hydrogen-bond acceptors (Lipinski definition) is 3. The molecule has 2 amide bonds. The summed E-state index contributed by atoms with van der Waals surface area (Å²) in [4.78, 5) is 29.7. The first kappa shape index (κ1) is 17.7. The van der Waals surface area contributed by atoms with Crippen molar-refractivity contribution in [2.45, 2.75) is 25.8 Å². The zero-order valence-electron chi connectivity index (χ0n) is 14.7. The van der Waals surface area contributed by atoms with Crippen LogP contribution in [-0.2, 0) is 4.79 Å². The van der Waals surface area contributed by atoms with Crippen LogP contribution in [0.3, 0.4) is 0 Å². The average molecular weight is 356 g/mol. The van der Waals surface area contributed by atoms with E-state index in [9.17, 15) is 9.59 Å². The second-order valence-electron chi connectivity index (χ2n) is 6.58. The average Bonchev–Trinajstić information content (AvgIpc) is 3.21. The summed E-state index contributed by atoms with van der Waals surface area (Å²) in [6.07, 6.45) is 1.48. The van der Waals surface area contributed by atoms with Crippen molar-refractivity contribution >= 4 is 23.2 Å². The Kier molecular flexibility index (Phi) is 5.53. The minimum atomic E-state index is 0.00329. The van der Waals surface area contributed by atoms with Gasteiger partial charge in [-0.2, -0.15) is 0 Å². The van der Waals surface area contributed by atoms with Crippen molar-refractivity contribution in [3.05, 3.63) is 58.3 Å². The molecule has 3 rings (SSSR count). The van der Waals surface area contributed by atoms with Crippen LogP contribution in [-0.4, -0.2) is 41.8 Å². The van der Waals surface area contributed by atoms with Gasteiger partial charge in [0, 0.05) is 26.1 Å². The topological polar surface area (TPSA) is 40.6 Å². The minimum absolute atomic E-state index is 0.00329. The van der Waals surface area contributed by atoms with E-state index in [1.165, 1.54) is 11.3 Å². The highest BCUT2D eigenvalue weighted by molar-refractivity contribution is 7.12. The Balaban J connectivity index is 1.57. The van der Waals surface area contributed by atoms with Gasteiger partial charge in [-0.05, 0) is 36.8 Å². The molecule has 4 nitrogen and oxygen atoms in total. The summed E-state index contributed by atoms with van der Waals surface area (Å²) in [5, 5.41) is 1.92. The number of amides is 2. The third kappa shape index (κ3) is 3.93. The summed E-state index contributed by atoms with van der Waals surface area (Å²) >= 11 is 1.47. The van der Waals surface area contributed by atoms with E-state index in [1.807, 2.05) is 52.6 Å². The number of nitrogens with zero attached hydrogens (tertiary/aromatic N) is 2. The van der Waals surface area contributed by atoms with Gasteiger partial charge in [-0.25, -0.2) is 0 Å². The minimum Gasteiger partial charge on any atom is -0.339 e. The van der Waals surface area contributed by atoms with Crippen LogP contribution in [0.1, 0.15) is 41.0 Å². The Morgan fingerprint density at radius 2 is 1.80 bits per heavy atom. The van der Waals surface area contributed by atoms with Gasteiger partial charge in [0.1, 0.15) is 0 Å². The highest BCUT2D eigenvalue weighted by Gasteiger charge is 2.31. The first-order valence-corrected chi connectivity index (χ1v) is 9.60. The van der Waals surface area contributed by atoms with Crippen LogP contribution in [0, 0.1) is 5.92 Å². The monoisotopic (exact) mass is 356 g/mol. The van der Waals surface area contributed by atoms with Gasteiger partial charge in [-0.15, -0.1) is 11.3 Å². The maximum Gasteiger partial charge on any atom is 0.263 e. The Morgan fingerprint density at radius 3 is 2.40 bits per heavy atom. The molecule has 0 bridgehead atoms. The molecular weight excluding hydrogens is 332 g/mol. The van der Waals surface area contributed by atoms with Gasteiger partial charge in [0.15, 0.2) is 0 Å². The summed E-state index contributed by atoms with van der Waals surface area (Å²) in [5.41, 5.74) is 1.14. The molecule has 2 heterocycles. The van der Waals surface area contributed by atoms with Gasteiger partial charge >= 0.3 is 0 Å². The zero-order chi connectivity index (χ0) is 17.8. The lowest BCUT2D eigenvalue weighted by molar-refractivity contribution is -0.137. The molecular formula is C20H24N2O2S. The summed E-state index contributed by atoms with van der Waals surface area (Å²) in [6, 6.07) is 13.9. The molecule has 1 fully saturated rings. The fraction of sp³-hybridized carbons (Fsp3) is 0.400. The Hall–Kier alpha value is -2.14. The molecule has 1 aliphatic heterocycles. The smallest absolute Gasteiger partial charge is 0.263 e. The maximum absolute atomic E-state index is 12.8.